The molecule has 53 heavy (non-hydrogen) atoms. The minimum atomic E-state index is -0.976. The molecule has 17 heteroatoms. The van der Waals surface area contributed by atoms with Crippen molar-refractivity contribution in [3.8, 4) is 0 Å². The van der Waals surface area contributed by atoms with Crippen molar-refractivity contribution in [2.45, 2.75) is 63.3 Å². The molecule has 4 N–H and O–H groups in total. The number of hydrogen-bond donors (Lipinski definition) is 3. The first-order chi connectivity index (χ1) is 25.7. The first-order valence-electron chi connectivity index (χ1n) is 18.4. The standard InChI is InChI=1S/C36H42N12O5/c37-31(50)30-32(40-36(44-43-30)46-13-2-1-3-14-46)38-28-8-6-26(41-42-28)22-11-15-45(16-12-22)19-21-10-17-47(20-21)23-4-5-24-25(18-23)35(53)48(34(24)52)27-7-9-29(49)39-33(27)51/h4-6,8,18,21-22,27H,1-3,7,9-17,19-20H2,(H2,37,50)(H,39,49,51)(H,38,40,42,44). The number of anilines is 4. The van der Waals surface area contributed by atoms with E-state index < -0.39 is 35.6 Å². The number of primary amides is 1. The largest absolute Gasteiger partial charge is 0.371 e. The highest BCUT2D eigenvalue weighted by Crippen LogP contribution is 2.34. The Morgan fingerprint density at radius 1 is 0.830 bits per heavy atom. The van der Waals surface area contributed by atoms with Gasteiger partial charge in [0.2, 0.25) is 17.8 Å². The Morgan fingerprint density at radius 2 is 1.62 bits per heavy atom. The van der Waals surface area contributed by atoms with Crippen LogP contribution in [-0.2, 0) is 9.59 Å². The summed E-state index contributed by atoms with van der Waals surface area (Å²) in [7, 11) is 0. The van der Waals surface area contributed by atoms with Gasteiger partial charge in [-0.05, 0) is 94.3 Å². The lowest BCUT2D eigenvalue weighted by Crippen LogP contribution is -2.54. The molecule has 7 heterocycles. The predicted molar refractivity (Wildman–Crippen MR) is 192 cm³/mol. The summed E-state index contributed by atoms with van der Waals surface area (Å²) in [6.45, 7) is 6.23. The van der Waals surface area contributed by atoms with E-state index in [1.807, 2.05) is 18.2 Å². The molecule has 2 atom stereocenters. The maximum atomic E-state index is 13.3. The van der Waals surface area contributed by atoms with Crippen LogP contribution in [-0.4, -0.2) is 117 Å². The van der Waals surface area contributed by atoms with Crippen molar-refractivity contribution in [3.05, 3.63) is 52.8 Å². The number of nitrogens with zero attached hydrogens (tertiary/aromatic N) is 9. The van der Waals surface area contributed by atoms with Crippen LogP contribution in [0.25, 0.3) is 0 Å². The van der Waals surface area contributed by atoms with Gasteiger partial charge in [-0.2, -0.15) is 10.1 Å². The van der Waals surface area contributed by atoms with Crippen LogP contribution in [0.3, 0.4) is 0 Å². The monoisotopic (exact) mass is 722 g/mol. The lowest BCUT2D eigenvalue weighted by Gasteiger charge is -2.33. The van der Waals surface area contributed by atoms with Crippen molar-refractivity contribution in [3.63, 3.8) is 0 Å². The SMILES string of the molecule is NC(=O)c1nnc(N2CCCCC2)nc1Nc1ccc(C2CCN(CC3CCN(c4ccc5c(c4)C(=O)N(C4CCC(=O)NC4=O)C5=O)C3)CC2)nn1. The number of carbonyl (C=O) groups is 5. The minimum absolute atomic E-state index is 0.0494. The van der Waals surface area contributed by atoms with Gasteiger partial charge in [0.05, 0.1) is 16.8 Å². The van der Waals surface area contributed by atoms with Gasteiger partial charge in [0.25, 0.3) is 17.7 Å². The van der Waals surface area contributed by atoms with E-state index in [2.05, 4.69) is 50.7 Å². The summed E-state index contributed by atoms with van der Waals surface area (Å²) in [5.74, 6) is -0.861. The highest BCUT2D eigenvalue weighted by molar-refractivity contribution is 6.23. The van der Waals surface area contributed by atoms with E-state index in [0.29, 0.717) is 28.8 Å². The van der Waals surface area contributed by atoms with Crippen LogP contribution in [0.1, 0.15) is 94.2 Å². The Kier molecular flexibility index (Phi) is 9.40. The summed E-state index contributed by atoms with van der Waals surface area (Å²) in [6.07, 6.45) is 6.44. The van der Waals surface area contributed by atoms with Gasteiger partial charge in [-0.25, -0.2) is 0 Å². The van der Waals surface area contributed by atoms with Crippen LogP contribution in [0.2, 0.25) is 0 Å². The Labute approximate surface area is 305 Å². The van der Waals surface area contributed by atoms with Crippen LogP contribution in [0.15, 0.2) is 30.3 Å². The summed E-state index contributed by atoms with van der Waals surface area (Å²) in [5, 5.41) is 22.4. The molecule has 0 radical (unpaired) electrons. The van der Waals surface area contributed by atoms with Gasteiger partial charge in [-0.3, -0.25) is 34.2 Å². The van der Waals surface area contributed by atoms with Gasteiger partial charge < -0.3 is 25.8 Å². The van der Waals surface area contributed by atoms with Crippen molar-refractivity contribution >= 4 is 52.8 Å². The summed E-state index contributed by atoms with van der Waals surface area (Å²) in [4.78, 5) is 74.9. The number of carbonyl (C=O) groups excluding carboxylic acids is 5. The van der Waals surface area contributed by atoms with Gasteiger partial charge in [0.1, 0.15) is 6.04 Å². The third-order valence-corrected chi connectivity index (χ3v) is 11.1. The second kappa shape index (κ2) is 14.4. The van der Waals surface area contributed by atoms with Gasteiger partial charge >= 0.3 is 0 Å². The van der Waals surface area contributed by atoms with E-state index in [1.54, 1.807) is 12.1 Å². The highest BCUT2D eigenvalue weighted by atomic mass is 16.2. The van der Waals surface area contributed by atoms with Gasteiger partial charge in [0.15, 0.2) is 17.3 Å². The minimum Gasteiger partial charge on any atom is -0.371 e. The molecule has 0 spiro atoms. The molecule has 2 aromatic heterocycles. The number of hydrogen-bond acceptors (Lipinski definition) is 14. The van der Waals surface area contributed by atoms with Gasteiger partial charge in [-0.15, -0.1) is 15.3 Å². The van der Waals surface area contributed by atoms with E-state index in [1.165, 1.54) is 6.42 Å². The molecule has 4 saturated heterocycles. The first kappa shape index (κ1) is 34.5. The van der Waals surface area contributed by atoms with Gasteiger partial charge in [-0.1, -0.05) is 0 Å². The maximum Gasteiger partial charge on any atom is 0.273 e. The predicted octanol–water partition coefficient (Wildman–Crippen LogP) is 1.60. The quantitative estimate of drug-likeness (QED) is 0.268. The zero-order valence-corrected chi connectivity index (χ0v) is 29.4. The lowest BCUT2D eigenvalue weighted by atomic mass is 9.92. The molecule has 0 bridgehead atoms. The zero-order valence-electron chi connectivity index (χ0n) is 29.4. The molecule has 2 unspecified atom stereocenters. The van der Waals surface area contributed by atoms with E-state index in [4.69, 9.17) is 5.73 Å². The molecule has 0 saturated carbocycles. The van der Waals surface area contributed by atoms with Crippen LogP contribution in [0, 0.1) is 5.92 Å². The Bertz CT molecular complexity index is 1940. The summed E-state index contributed by atoms with van der Waals surface area (Å²) >= 11 is 0. The van der Waals surface area contributed by atoms with Crippen molar-refractivity contribution in [1.29, 1.82) is 0 Å². The normalized spacial score (nSPS) is 22.7. The Balaban J connectivity index is 0.835. The Hall–Kier alpha value is -5.58. The number of fused-ring (bicyclic) bond motifs is 1. The highest BCUT2D eigenvalue weighted by Gasteiger charge is 2.45. The number of benzene rings is 1. The Morgan fingerprint density at radius 3 is 2.36 bits per heavy atom. The van der Waals surface area contributed by atoms with Crippen molar-refractivity contribution in [2.24, 2.45) is 11.7 Å². The number of piperidine rings is 3. The molecule has 4 fully saturated rings. The molecule has 8 rings (SSSR count). The van der Waals surface area contributed by atoms with Crippen molar-refractivity contribution in [2.75, 3.05) is 60.9 Å². The summed E-state index contributed by atoms with van der Waals surface area (Å²) in [5.41, 5.74) is 7.91. The maximum absolute atomic E-state index is 13.3. The molecule has 5 aliphatic heterocycles. The van der Waals surface area contributed by atoms with Crippen LogP contribution in [0.4, 0.5) is 23.3 Å². The average molecular weight is 723 g/mol. The van der Waals surface area contributed by atoms with Crippen molar-refractivity contribution in [1.82, 2.24) is 40.5 Å². The third-order valence-electron chi connectivity index (χ3n) is 11.1. The van der Waals surface area contributed by atoms with Crippen molar-refractivity contribution < 1.29 is 24.0 Å². The molecule has 3 aromatic rings. The fraction of sp³-hybridized carbons (Fsp3) is 0.500. The topological polar surface area (TPSA) is 213 Å². The number of rotatable bonds is 9. The van der Waals surface area contributed by atoms with Gasteiger partial charge in [0, 0.05) is 50.7 Å². The zero-order chi connectivity index (χ0) is 36.6. The van der Waals surface area contributed by atoms with E-state index in [0.717, 1.165) is 94.2 Å². The number of aromatic nitrogens is 5. The number of imide groups is 2. The van der Waals surface area contributed by atoms with E-state index >= 15 is 0 Å². The molecule has 1 aromatic carbocycles. The fourth-order valence-corrected chi connectivity index (χ4v) is 8.20. The van der Waals surface area contributed by atoms with Crippen LogP contribution < -0.4 is 26.2 Å². The summed E-state index contributed by atoms with van der Waals surface area (Å²) in [6, 6.07) is 8.15. The second-order valence-electron chi connectivity index (χ2n) is 14.5. The lowest BCUT2D eigenvalue weighted by molar-refractivity contribution is -0.136. The number of nitrogens with two attached hydrogens (primary N) is 1. The van der Waals surface area contributed by atoms with Crippen LogP contribution >= 0.6 is 0 Å². The van der Waals surface area contributed by atoms with E-state index in [-0.39, 0.29) is 30.3 Å². The third kappa shape index (κ3) is 7.00. The molecular formula is C36H42N12O5. The first-order valence-corrected chi connectivity index (χ1v) is 18.4. The number of nitrogens with one attached hydrogen (secondary N) is 2. The average Bonchev–Trinajstić information content (AvgIpc) is 3.74. The number of likely N-dealkylation sites (tertiary alicyclic amines) is 1. The van der Waals surface area contributed by atoms with E-state index in [9.17, 15) is 24.0 Å². The summed E-state index contributed by atoms with van der Waals surface area (Å²) < 4.78 is 0. The smallest absolute Gasteiger partial charge is 0.273 e. The molecule has 17 nitrogen and oxygen atoms in total. The van der Waals surface area contributed by atoms with Crippen LogP contribution in [0.5, 0.6) is 0 Å². The molecule has 0 aliphatic carbocycles. The molecule has 276 valence electrons. The molecule has 5 aliphatic rings. The number of amides is 5. The second-order valence-corrected chi connectivity index (χ2v) is 14.5. The fourth-order valence-electron chi connectivity index (χ4n) is 8.20. The molecule has 5 amide bonds. The molecular weight excluding hydrogens is 680 g/mol.